The molecule has 14 heteroatoms. The SMILES string of the molecule is OC1C(Cc2cn(C3(C(F)(F)F)CCC3)nn2)OCCC1n1cc(-c2ccc(F)c(F)c2F)nn1. The van der Waals surface area contributed by atoms with Crippen molar-refractivity contribution >= 4 is 0 Å². The number of aromatic nitrogens is 6. The molecule has 2 fully saturated rings. The van der Waals surface area contributed by atoms with Crippen LogP contribution in [0.25, 0.3) is 11.3 Å². The molecule has 2 aliphatic rings. The number of hydrogen-bond donors (Lipinski definition) is 1. The molecule has 8 nitrogen and oxygen atoms in total. The third-order valence-corrected chi connectivity index (χ3v) is 6.78. The van der Waals surface area contributed by atoms with Crippen LogP contribution in [0, 0.1) is 17.5 Å². The molecule has 3 heterocycles. The molecule has 3 atom stereocenters. The molecule has 1 aromatic carbocycles. The Balaban J connectivity index is 1.32. The zero-order valence-corrected chi connectivity index (χ0v) is 18.1. The van der Waals surface area contributed by atoms with Crippen LogP contribution in [0.5, 0.6) is 0 Å². The van der Waals surface area contributed by atoms with Crippen molar-refractivity contribution in [2.75, 3.05) is 6.61 Å². The lowest BCUT2D eigenvalue weighted by molar-refractivity contribution is -0.243. The fraction of sp³-hybridized carbons (Fsp3) is 0.524. The molecule has 2 aromatic heterocycles. The van der Waals surface area contributed by atoms with E-state index in [1.54, 1.807) is 0 Å². The van der Waals surface area contributed by atoms with Crippen LogP contribution in [0.1, 0.15) is 37.4 Å². The average molecular weight is 502 g/mol. The van der Waals surface area contributed by atoms with Crippen LogP contribution in [0.2, 0.25) is 0 Å². The molecule has 1 saturated heterocycles. The summed E-state index contributed by atoms with van der Waals surface area (Å²) in [5.41, 5.74) is -2.18. The molecule has 1 N–H and O–H groups in total. The number of benzene rings is 1. The van der Waals surface area contributed by atoms with Crippen molar-refractivity contribution in [3.05, 3.63) is 47.7 Å². The summed E-state index contributed by atoms with van der Waals surface area (Å²) < 4.78 is 89.4. The quantitative estimate of drug-likeness (QED) is 0.425. The summed E-state index contributed by atoms with van der Waals surface area (Å²) >= 11 is 0. The number of hydrogen-bond acceptors (Lipinski definition) is 6. The number of halogens is 6. The molecule has 0 radical (unpaired) electrons. The Kier molecular flexibility index (Phi) is 5.82. The number of nitrogens with zero attached hydrogens (tertiary/aromatic N) is 6. The molecule has 0 bridgehead atoms. The highest BCUT2D eigenvalue weighted by atomic mass is 19.4. The number of alkyl halides is 3. The lowest BCUT2D eigenvalue weighted by Crippen LogP contribution is -2.53. The molecular weight excluding hydrogens is 482 g/mol. The predicted octanol–water partition coefficient (Wildman–Crippen LogP) is 3.33. The Hall–Kier alpha value is -3.00. The smallest absolute Gasteiger partial charge is 0.388 e. The van der Waals surface area contributed by atoms with E-state index in [2.05, 4.69) is 20.6 Å². The lowest BCUT2D eigenvalue weighted by atomic mass is 9.76. The van der Waals surface area contributed by atoms with Gasteiger partial charge in [0.2, 0.25) is 0 Å². The summed E-state index contributed by atoms with van der Waals surface area (Å²) in [6.07, 6.45) is -3.30. The van der Waals surface area contributed by atoms with Crippen molar-refractivity contribution in [2.45, 2.75) is 62.1 Å². The molecule has 0 spiro atoms. The van der Waals surface area contributed by atoms with Crippen LogP contribution in [0.3, 0.4) is 0 Å². The summed E-state index contributed by atoms with van der Waals surface area (Å²) in [6.45, 7) is 0.196. The van der Waals surface area contributed by atoms with E-state index < -0.39 is 47.4 Å². The lowest BCUT2D eigenvalue weighted by Gasteiger charge is -2.42. The van der Waals surface area contributed by atoms with E-state index in [1.165, 1.54) is 17.1 Å². The zero-order chi connectivity index (χ0) is 25.0. The van der Waals surface area contributed by atoms with E-state index in [9.17, 15) is 31.4 Å². The van der Waals surface area contributed by atoms with E-state index in [1.807, 2.05) is 0 Å². The van der Waals surface area contributed by atoms with Crippen molar-refractivity contribution < 1.29 is 36.2 Å². The molecule has 0 amide bonds. The Morgan fingerprint density at radius 1 is 1.06 bits per heavy atom. The summed E-state index contributed by atoms with van der Waals surface area (Å²) in [4.78, 5) is 0. The molecular formula is C21H20F6N6O2. The Labute approximate surface area is 194 Å². The molecule has 1 aliphatic carbocycles. The minimum absolute atomic E-state index is 0.00492. The highest BCUT2D eigenvalue weighted by Gasteiger charge is 2.60. The first-order chi connectivity index (χ1) is 16.6. The predicted molar refractivity (Wildman–Crippen MR) is 106 cm³/mol. The standard InChI is InChI=1S/C21H20F6N6O2/c22-13-3-2-12(17(23)18(13)24)14-10-32(30-29-14)15-4-7-35-16(19(15)34)8-11-9-33(31-28-11)20(5-1-6-20)21(25,26)27/h2-3,9-10,15-16,19,34H,1,4-8H2. The normalized spacial score (nSPS) is 24.4. The summed E-state index contributed by atoms with van der Waals surface area (Å²) in [5, 5.41) is 26.1. The monoisotopic (exact) mass is 502 g/mol. The molecule has 1 saturated carbocycles. The van der Waals surface area contributed by atoms with Gasteiger partial charge in [0, 0.05) is 24.8 Å². The van der Waals surface area contributed by atoms with Crippen LogP contribution in [0.15, 0.2) is 24.5 Å². The number of rotatable bonds is 5. The van der Waals surface area contributed by atoms with Gasteiger partial charge in [0.15, 0.2) is 23.0 Å². The van der Waals surface area contributed by atoms with Crippen LogP contribution in [-0.2, 0) is 16.7 Å². The van der Waals surface area contributed by atoms with Gasteiger partial charge in [-0.1, -0.05) is 10.4 Å². The van der Waals surface area contributed by atoms with Crippen molar-refractivity contribution in [1.29, 1.82) is 0 Å². The van der Waals surface area contributed by atoms with Gasteiger partial charge in [-0.25, -0.2) is 22.5 Å². The largest absolute Gasteiger partial charge is 0.413 e. The van der Waals surface area contributed by atoms with Gasteiger partial charge in [-0.2, -0.15) is 13.2 Å². The first kappa shape index (κ1) is 23.7. The first-order valence-corrected chi connectivity index (χ1v) is 10.9. The summed E-state index contributed by atoms with van der Waals surface area (Å²) in [5.74, 6) is -4.38. The average Bonchev–Trinajstić information content (AvgIpc) is 3.42. The van der Waals surface area contributed by atoms with Gasteiger partial charge in [-0.05, 0) is 37.8 Å². The maximum Gasteiger partial charge on any atom is 0.413 e. The maximum atomic E-state index is 14.1. The molecule has 35 heavy (non-hydrogen) atoms. The van der Waals surface area contributed by atoms with Crippen molar-refractivity contribution in [2.24, 2.45) is 0 Å². The topological polar surface area (TPSA) is 90.9 Å². The van der Waals surface area contributed by atoms with Crippen molar-refractivity contribution in [3.8, 4) is 11.3 Å². The third kappa shape index (κ3) is 3.97. The van der Waals surface area contributed by atoms with E-state index in [4.69, 9.17) is 4.74 Å². The van der Waals surface area contributed by atoms with Crippen LogP contribution in [-0.4, -0.2) is 60.1 Å². The number of aliphatic hydroxyl groups is 1. The highest BCUT2D eigenvalue weighted by Crippen LogP contribution is 2.50. The van der Waals surface area contributed by atoms with Gasteiger partial charge in [0.05, 0.1) is 24.0 Å². The second-order valence-electron chi connectivity index (χ2n) is 8.80. The van der Waals surface area contributed by atoms with E-state index in [0.717, 1.165) is 16.8 Å². The minimum Gasteiger partial charge on any atom is -0.388 e. The number of aliphatic hydroxyl groups excluding tert-OH is 1. The molecule has 188 valence electrons. The van der Waals surface area contributed by atoms with Crippen LogP contribution in [0.4, 0.5) is 26.3 Å². The fourth-order valence-corrected chi connectivity index (χ4v) is 4.57. The van der Waals surface area contributed by atoms with Crippen molar-refractivity contribution in [1.82, 2.24) is 30.0 Å². The van der Waals surface area contributed by atoms with E-state index in [0.29, 0.717) is 12.8 Å². The molecule has 1 aliphatic heterocycles. The fourth-order valence-electron chi connectivity index (χ4n) is 4.57. The van der Waals surface area contributed by atoms with Gasteiger partial charge in [-0.15, -0.1) is 10.2 Å². The Morgan fingerprint density at radius 2 is 1.83 bits per heavy atom. The molecule has 3 unspecified atom stereocenters. The van der Waals surface area contributed by atoms with E-state index in [-0.39, 0.29) is 42.8 Å². The number of ether oxygens (including phenoxy) is 1. The van der Waals surface area contributed by atoms with Gasteiger partial charge in [0.25, 0.3) is 0 Å². The zero-order valence-electron chi connectivity index (χ0n) is 18.1. The second-order valence-corrected chi connectivity index (χ2v) is 8.80. The Bertz CT molecular complexity index is 1220. The molecule has 3 aromatic rings. The first-order valence-electron chi connectivity index (χ1n) is 10.9. The maximum absolute atomic E-state index is 14.1. The van der Waals surface area contributed by atoms with Crippen molar-refractivity contribution in [3.63, 3.8) is 0 Å². The van der Waals surface area contributed by atoms with Crippen LogP contribution < -0.4 is 0 Å². The van der Waals surface area contributed by atoms with Gasteiger partial charge in [-0.3, -0.25) is 0 Å². The molecule has 5 rings (SSSR count). The minimum atomic E-state index is -4.46. The van der Waals surface area contributed by atoms with Gasteiger partial charge >= 0.3 is 6.18 Å². The summed E-state index contributed by atoms with van der Waals surface area (Å²) in [6, 6.07) is 1.14. The van der Waals surface area contributed by atoms with E-state index >= 15 is 0 Å². The Morgan fingerprint density at radius 3 is 2.51 bits per heavy atom. The van der Waals surface area contributed by atoms with Crippen LogP contribution >= 0.6 is 0 Å². The van der Waals surface area contributed by atoms with Gasteiger partial charge < -0.3 is 9.84 Å². The highest BCUT2D eigenvalue weighted by molar-refractivity contribution is 5.58. The third-order valence-electron chi connectivity index (χ3n) is 6.78. The summed E-state index contributed by atoms with van der Waals surface area (Å²) in [7, 11) is 0. The van der Waals surface area contributed by atoms with Gasteiger partial charge in [0.1, 0.15) is 11.8 Å². The second kappa shape index (κ2) is 8.59.